The third kappa shape index (κ3) is 3.46. The molecule has 1 aromatic carbocycles. The number of nitrogens with two attached hydrogens (primary N) is 1. The zero-order valence-corrected chi connectivity index (χ0v) is 12.6. The molecule has 4 nitrogen and oxygen atoms in total. The molecular weight excluding hydrogens is 248 g/mol. The molecule has 0 saturated heterocycles. The van der Waals surface area contributed by atoms with Crippen LogP contribution < -0.4 is 5.73 Å². The summed E-state index contributed by atoms with van der Waals surface area (Å²) in [5.41, 5.74) is 8.53. The molecule has 0 aliphatic rings. The van der Waals surface area contributed by atoms with Crippen molar-refractivity contribution in [2.24, 2.45) is 12.8 Å². The maximum atomic E-state index is 6.04. The fourth-order valence-corrected chi connectivity index (χ4v) is 2.63. The van der Waals surface area contributed by atoms with Crippen molar-refractivity contribution in [3.05, 3.63) is 53.9 Å². The molecule has 2 aromatic rings. The van der Waals surface area contributed by atoms with Crippen LogP contribution in [0.3, 0.4) is 0 Å². The van der Waals surface area contributed by atoms with Crippen LogP contribution in [0.15, 0.2) is 42.7 Å². The summed E-state index contributed by atoms with van der Waals surface area (Å²) in [6, 6.07) is 10.5. The first-order valence-electron chi connectivity index (χ1n) is 6.95. The summed E-state index contributed by atoms with van der Waals surface area (Å²) in [6.45, 7) is 4.66. The first-order valence-corrected chi connectivity index (χ1v) is 6.95. The minimum Gasteiger partial charge on any atom is -0.330 e. The third-order valence-electron chi connectivity index (χ3n) is 3.75. The second kappa shape index (κ2) is 6.20. The lowest BCUT2D eigenvalue weighted by atomic mass is 9.82. The number of hydrogen-bond acceptors (Lipinski definition) is 3. The number of hydrogen-bond donors (Lipinski definition) is 1. The highest BCUT2D eigenvalue weighted by molar-refractivity contribution is 5.25. The van der Waals surface area contributed by atoms with Crippen LogP contribution in [0.1, 0.15) is 18.1 Å². The lowest BCUT2D eigenvalue weighted by Crippen LogP contribution is -2.42. The standard InChI is InChI=1S/C16H24N4/c1-16(12-17,15-7-5-4-6-8-15)13-19(2)10-14-9-18-20(3)11-14/h4-9,11H,10,12-13,17H2,1-3H3. The van der Waals surface area contributed by atoms with Gasteiger partial charge in [-0.3, -0.25) is 4.68 Å². The number of nitrogens with zero attached hydrogens (tertiary/aromatic N) is 3. The van der Waals surface area contributed by atoms with Crippen molar-refractivity contribution in [3.63, 3.8) is 0 Å². The van der Waals surface area contributed by atoms with E-state index in [0.717, 1.165) is 13.1 Å². The Bertz CT molecular complexity index is 534. The van der Waals surface area contributed by atoms with E-state index in [1.165, 1.54) is 11.1 Å². The van der Waals surface area contributed by atoms with Gasteiger partial charge in [0.1, 0.15) is 0 Å². The molecule has 0 amide bonds. The van der Waals surface area contributed by atoms with Gasteiger partial charge in [0.2, 0.25) is 0 Å². The molecule has 0 bridgehead atoms. The Kier molecular flexibility index (Phi) is 4.57. The van der Waals surface area contributed by atoms with E-state index in [-0.39, 0.29) is 5.41 Å². The van der Waals surface area contributed by atoms with Crippen LogP contribution in [0.5, 0.6) is 0 Å². The minimum atomic E-state index is -0.0295. The molecule has 4 heteroatoms. The fraction of sp³-hybridized carbons (Fsp3) is 0.438. The number of benzene rings is 1. The van der Waals surface area contributed by atoms with Crippen LogP contribution in [-0.4, -0.2) is 34.8 Å². The highest BCUT2D eigenvalue weighted by Crippen LogP contribution is 2.23. The van der Waals surface area contributed by atoms with Crippen molar-refractivity contribution in [2.75, 3.05) is 20.1 Å². The summed E-state index contributed by atoms with van der Waals surface area (Å²) >= 11 is 0. The monoisotopic (exact) mass is 272 g/mol. The number of aromatic nitrogens is 2. The summed E-state index contributed by atoms with van der Waals surface area (Å²) < 4.78 is 1.84. The molecule has 0 radical (unpaired) electrons. The molecule has 20 heavy (non-hydrogen) atoms. The molecule has 0 aliphatic carbocycles. The lowest BCUT2D eigenvalue weighted by molar-refractivity contribution is 0.252. The van der Waals surface area contributed by atoms with Crippen LogP contribution in [0.4, 0.5) is 0 Å². The van der Waals surface area contributed by atoms with Gasteiger partial charge in [0.25, 0.3) is 0 Å². The quantitative estimate of drug-likeness (QED) is 0.872. The molecule has 2 N–H and O–H groups in total. The second-order valence-corrected chi connectivity index (χ2v) is 5.83. The smallest absolute Gasteiger partial charge is 0.0534 e. The molecule has 0 aliphatic heterocycles. The Balaban J connectivity index is 2.06. The molecule has 0 fully saturated rings. The summed E-state index contributed by atoms with van der Waals surface area (Å²) in [5.74, 6) is 0. The van der Waals surface area contributed by atoms with Gasteiger partial charge in [0.15, 0.2) is 0 Å². The highest BCUT2D eigenvalue weighted by Gasteiger charge is 2.26. The van der Waals surface area contributed by atoms with Crippen LogP contribution in [0.25, 0.3) is 0 Å². The molecule has 1 heterocycles. The van der Waals surface area contributed by atoms with Gasteiger partial charge in [-0.05, 0) is 12.6 Å². The average molecular weight is 272 g/mol. The van der Waals surface area contributed by atoms with E-state index >= 15 is 0 Å². The number of rotatable bonds is 6. The van der Waals surface area contributed by atoms with E-state index in [0.29, 0.717) is 6.54 Å². The van der Waals surface area contributed by atoms with Crippen molar-refractivity contribution in [3.8, 4) is 0 Å². The van der Waals surface area contributed by atoms with E-state index in [4.69, 9.17) is 5.73 Å². The van der Waals surface area contributed by atoms with Crippen molar-refractivity contribution in [1.29, 1.82) is 0 Å². The van der Waals surface area contributed by atoms with Crippen LogP contribution in [0.2, 0.25) is 0 Å². The lowest BCUT2D eigenvalue weighted by Gasteiger charge is -2.33. The normalized spacial score (nSPS) is 14.4. The van der Waals surface area contributed by atoms with E-state index in [9.17, 15) is 0 Å². The van der Waals surface area contributed by atoms with E-state index < -0.39 is 0 Å². The molecular formula is C16H24N4. The Morgan fingerprint density at radius 1 is 1.30 bits per heavy atom. The first kappa shape index (κ1) is 14.8. The molecule has 0 saturated carbocycles. The van der Waals surface area contributed by atoms with Gasteiger partial charge in [0.05, 0.1) is 6.20 Å². The maximum absolute atomic E-state index is 6.04. The number of aryl methyl sites for hydroxylation is 1. The van der Waals surface area contributed by atoms with Crippen LogP contribution in [-0.2, 0) is 19.0 Å². The highest BCUT2D eigenvalue weighted by atomic mass is 15.2. The summed E-state index contributed by atoms with van der Waals surface area (Å²) in [6.07, 6.45) is 3.97. The molecule has 108 valence electrons. The Morgan fingerprint density at radius 3 is 2.55 bits per heavy atom. The van der Waals surface area contributed by atoms with Gasteiger partial charge in [-0.25, -0.2) is 0 Å². The molecule has 1 aromatic heterocycles. The Labute approximate surface area is 121 Å². The van der Waals surface area contributed by atoms with E-state index in [1.807, 2.05) is 24.0 Å². The molecule has 2 rings (SSSR count). The fourth-order valence-electron chi connectivity index (χ4n) is 2.63. The summed E-state index contributed by atoms with van der Waals surface area (Å²) in [5, 5.41) is 4.21. The van der Waals surface area contributed by atoms with Gasteiger partial charge in [-0.1, -0.05) is 37.3 Å². The van der Waals surface area contributed by atoms with Crippen molar-refractivity contribution in [2.45, 2.75) is 18.9 Å². The Hall–Kier alpha value is -1.65. The van der Waals surface area contributed by atoms with Crippen molar-refractivity contribution < 1.29 is 0 Å². The van der Waals surface area contributed by atoms with Crippen LogP contribution >= 0.6 is 0 Å². The summed E-state index contributed by atoms with van der Waals surface area (Å²) in [4.78, 5) is 2.30. The largest absolute Gasteiger partial charge is 0.330 e. The maximum Gasteiger partial charge on any atom is 0.0534 e. The number of likely N-dealkylation sites (N-methyl/N-ethyl adjacent to an activating group) is 1. The van der Waals surface area contributed by atoms with Gasteiger partial charge >= 0.3 is 0 Å². The van der Waals surface area contributed by atoms with E-state index in [1.54, 1.807) is 0 Å². The molecule has 1 atom stereocenters. The SMILES string of the molecule is CN(Cc1cnn(C)c1)CC(C)(CN)c1ccccc1. The van der Waals surface area contributed by atoms with Crippen molar-refractivity contribution >= 4 is 0 Å². The Morgan fingerprint density at radius 2 is 2.00 bits per heavy atom. The topological polar surface area (TPSA) is 47.1 Å². The predicted octanol–water partition coefficient (Wildman–Crippen LogP) is 1.77. The molecule has 0 spiro atoms. The van der Waals surface area contributed by atoms with Gasteiger partial charge < -0.3 is 10.6 Å². The predicted molar refractivity (Wildman–Crippen MR) is 82.4 cm³/mol. The van der Waals surface area contributed by atoms with E-state index in [2.05, 4.69) is 54.4 Å². The van der Waals surface area contributed by atoms with Gasteiger partial charge in [-0.15, -0.1) is 0 Å². The third-order valence-corrected chi connectivity index (χ3v) is 3.75. The average Bonchev–Trinajstić information content (AvgIpc) is 2.84. The zero-order valence-electron chi connectivity index (χ0n) is 12.6. The second-order valence-electron chi connectivity index (χ2n) is 5.83. The van der Waals surface area contributed by atoms with Gasteiger partial charge in [-0.2, -0.15) is 5.10 Å². The van der Waals surface area contributed by atoms with Crippen molar-refractivity contribution in [1.82, 2.24) is 14.7 Å². The van der Waals surface area contributed by atoms with Gasteiger partial charge in [0, 0.05) is 43.9 Å². The molecule has 1 unspecified atom stereocenters. The minimum absolute atomic E-state index is 0.0295. The summed E-state index contributed by atoms with van der Waals surface area (Å²) in [7, 11) is 4.07. The first-order chi connectivity index (χ1) is 9.53. The zero-order chi connectivity index (χ0) is 14.6. The van der Waals surface area contributed by atoms with Crippen LogP contribution in [0, 0.1) is 0 Å².